The van der Waals surface area contributed by atoms with Gasteiger partial charge in [-0.1, -0.05) is 39.8 Å². The van der Waals surface area contributed by atoms with Crippen molar-refractivity contribution in [2.24, 2.45) is 11.3 Å². The second-order valence-corrected chi connectivity index (χ2v) is 10.4. The van der Waals surface area contributed by atoms with Crippen LogP contribution in [0.5, 0.6) is 17.2 Å². The number of carbonyl (C=O) groups is 2. The Morgan fingerprint density at radius 3 is 2.62 bits per heavy atom. The molecule has 9 nitrogen and oxygen atoms in total. The number of nitrogens with zero attached hydrogens (tertiary/aromatic N) is 2. The van der Waals surface area contributed by atoms with Gasteiger partial charge in [0.2, 0.25) is 12.5 Å². The van der Waals surface area contributed by atoms with Crippen LogP contribution in [0.1, 0.15) is 65.4 Å². The summed E-state index contributed by atoms with van der Waals surface area (Å²) in [4.78, 5) is 33.9. The van der Waals surface area contributed by atoms with Gasteiger partial charge in [0, 0.05) is 25.0 Å². The fourth-order valence-electron chi connectivity index (χ4n) is 5.42. The lowest BCUT2D eigenvalue weighted by Crippen LogP contribution is -2.45. The third kappa shape index (κ3) is 6.76. The number of carbonyl (C=O) groups excluding carboxylic acids is 1. The van der Waals surface area contributed by atoms with Gasteiger partial charge in [-0.2, -0.15) is 0 Å². The van der Waals surface area contributed by atoms with Crippen LogP contribution in [0.15, 0.2) is 24.3 Å². The number of amides is 1. The van der Waals surface area contributed by atoms with E-state index in [1.54, 1.807) is 7.11 Å². The average molecular weight is 519 g/mol. The van der Waals surface area contributed by atoms with Crippen molar-refractivity contribution < 1.29 is 33.7 Å². The van der Waals surface area contributed by atoms with Gasteiger partial charge in [-0.15, -0.1) is 0 Å². The van der Waals surface area contributed by atoms with Crippen molar-refractivity contribution in [3.05, 3.63) is 29.8 Å². The van der Waals surface area contributed by atoms with Crippen LogP contribution < -0.4 is 14.2 Å². The Bertz CT molecular complexity index is 978. The van der Waals surface area contributed by atoms with Crippen LogP contribution >= 0.6 is 0 Å². The fraction of sp³-hybridized carbons (Fsp3) is 0.643. The van der Waals surface area contributed by atoms with E-state index in [0.29, 0.717) is 43.4 Å². The van der Waals surface area contributed by atoms with Gasteiger partial charge >= 0.3 is 5.97 Å². The Morgan fingerprint density at radius 2 is 2.00 bits per heavy atom. The van der Waals surface area contributed by atoms with Crippen molar-refractivity contribution in [2.75, 3.05) is 40.1 Å². The molecule has 3 rings (SSSR count). The molecule has 1 aromatic rings. The topological polar surface area (TPSA) is 97.8 Å². The maximum atomic E-state index is 13.3. The summed E-state index contributed by atoms with van der Waals surface area (Å²) in [6, 6.07) is 3.32. The standard InChI is InChI=1S/C28H42N2O7/c1-7-10-28(4,5)15-21-25(27(32)33)20(19-13-22(34-6)26-23(14-19)35-18-36-26)16-29(21)17-24(31)30(11-8-2)37-12-9-3/h7,10,13-14,20-21,25H,8-9,11-12,15-18H2,1-6H3,(H,32,33)/t20-,21+,25?/m1/s1. The average Bonchev–Trinajstić information content (AvgIpc) is 3.45. The summed E-state index contributed by atoms with van der Waals surface area (Å²) in [6.07, 6.45) is 6.24. The normalized spacial score (nSPS) is 21.5. The second kappa shape index (κ2) is 12.6. The van der Waals surface area contributed by atoms with E-state index in [9.17, 15) is 14.7 Å². The van der Waals surface area contributed by atoms with Gasteiger partial charge in [0.05, 0.1) is 26.2 Å². The van der Waals surface area contributed by atoms with Crippen molar-refractivity contribution in [2.45, 2.75) is 65.8 Å². The van der Waals surface area contributed by atoms with Crippen LogP contribution in [0.25, 0.3) is 0 Å². The number of hydroxylamine groups is 2. The molecular formula is C28H42N2O7. The number of benzene rings is 1. The minimum absolute atomic E-state index is 0.0856. The van der Waals surface area contributed by atoms with Crippen LogP contribution in [0.2, 0.25) is 0 Å². The maximum Gasteiger partial charge on any atom is 0.308 e. The Kier molecular flexibility index (Phi) is 9.84. The molecule has 2 aliphatic heterocycles. The Balaban J connectivity index is 1.98. The van der Waals surface area contributed by atoms with E-state index in [2.05, 4.69) is 19.9 Å². The number of fused-ring (bicyclic) bond motifs is 1. The molecule has 1 saturated heterocycles. The summed E-state index contributed by atoms with van der Waals surface area (Å²) in [5.74, 6) is -0.549. The van der Waals surface area contributed by atoms with Gasteiger partial charge in [0.25, 0.3) is 5.91 Å². The van der Waals surface area contributed by atoms with E-state index in [0.717, 1.165) is 18.4 Å². The predicted octanol–water partition coefficient (Wildman–Crippen LogP) is 4.47. The van der Waals surface area contributed by atoms with E-state index in [4.69, 9.17) is 19.0 Å². The molecule has 1 fully saturated rings. The fourth-order valence-corrected chi connectivity index (χ4v) is 5.42. The van der Waals surface area contributed by atoms with Gasteiger partial charge < -0.3 is 19.3 Å². The Hall–Kier alpha value is -2.78. The van der Waals surface area contributed by atoms with E-state index in [-0.39, 0.29) is 36.6 Å². The summed E-state index contributed by atoms with van der Waals surface area (Å²) >= 11 is 0. The molecule has 1 unspecified atom stereocenters. The van der Waals surface area contributed by atoms with Crippen LogP contribution in [0.4, 0.5) is 0 Å². The summed E-state index contributed by atoms with van der Waals surface area (Å²) in [5.41, 5.74) is 0.544. The third-order valence-electron chi connectivity index (χ3n) is 6.99. The number of likely N-dealkylation sites (tertiary alicyclic amines) is 1. The molecule has 37 heavy (non-hydrogen) atoms. The Labute approximate surface area is 220 Å². The molecule has 0 saturated carbocycles. The van der Waals surface area contributed by atoms with Crippen molar-refractivity contribution in [1.29, 1.82) is 0 Å². The molecule has 0 radical (unpaired) electrons. The number of carboxylic acids is 1. The summed E-state index contributed by atoms with van der Waals surface area (Å²) in [7, 11) is 1.55. The number of hydrogen-bond acceptors (Lipinski definition) is 7. The van der Waals surface area contributed by atoms with Crippen molar-refractivity contribution in [3.63, 3.8) is 0 Å². The number of methoxy groups -OCH3 is 1. The van der Waals surface area contributed by atoms with Crippen LogP contribution in [-0.2, 0) is 14.4 Å². The lowest BCUT2D eigenvalue weighted by Gasteiger charge is -2.33. The van der Waals surface area contributed by atoms with Gasteiger partial charge in [-0.3, -0.25) is 19.3 Å². The second-order valence-electron chi connectivity index (χ2n) is 10.4. The summed E-state index contributed by atoms with van der Waals surface area (Å²) < 4.78 is 16.7. The summed E-state index contributed by atoms with van der Waals surface area (Å²) in [5, 5.41) is 11.9. The highest BCUT2D eigenvalue weighted by molar-refractivity contribution is 5.78. The first-order chi connectivity index (χ1) is 17.6. The number of rotatable bonds is 13. The molecule has 0 aliphatic carbocycles. The third-order valence-corrected chi connectivity index (χ3v) is 6.99. The minimum Gasteiger partial charge on any atom is -0.493 e. The molecule has 1 amide bonds. The van der Waals surface area contributed by atoms with E-state index >= 15 is 0 Å². The van der Waals surface area contributed by atoms with Gasteiger partial charge in [-0.05, 0) is 49.3 Å². The monoisotopic (exact) mass is 518 g/mol. The van der Waals surface area contributed by atoms with Crippen LogP contribution in [0.3, 0.4) is 0 Å². The maximum absolute atomic E-state index is 13.3. The molecule has 206 valence electrons. The first-order valence-electron chi connectivity index (χ1n) is 13.2. The highest BCUT2D eigenvalue weighted by Crippen LogP contribution is 2.48. The zero-order valence-electron chi connectivity index (χ0n) is 23.0. The quantitative estimate of drug-likeness (QED) is 0.302. The lowest BCUT2D eigenvalue weighted by molar-refractivity contribution is -0.188. The first-order valence-corrected chi connectivity index (χ1v) is 13.2. The van der Waals surface area contributed by atoms with Crippen molar-refractivity contribution >= 4 is 11.9 Å². The molecule has 0 spiro atoms. The number of allylic oxidation sites excluding steroid dienone is 2. The van der Waals surface area contributed by atoms with Crippen LogP contribution in [-0.4, -0.2) is 73.1 Å². The Morgan fingerprint density at radius 1 is 1.24 bits per heavy atom. The van der Waals surface area contributed by atoms with E-state index in [1.165, 1.54) is 5.06 Å². The van der Waals surface area contributed by atoms with E-state index < -0.39 is 11.9 Å². The molecule has 1 N–H and O–H groups in total. The smallest absolute Gasteiger partial charge is 0.308 e. The van der Waals surface area contributed by atoms with Gasteiger partial charge in [-0.25, -0.2) is 5.06 Å². The van der Waals surface area contributed by atoms with Gasteiger partial charge in [0.15, 0.2) is 11.5 Å². The molecule has 3 atom stereocenters. The highest BCUT2D eigenvalue weighted by atomic mass is 16.7. The molecule has 2 aliphatic rings. The molecular weight excluding hydrogens is 476 g/mol. The molecule has 2 heterocycles. The molecule has 1 aromatic carbocycles. The SMILES string of the molecule is CC=CC(C)(C)C[C@H]1C(C(=O)O)[C@@H](c2cc(OC)c3c(c2)OCO3)CN1CC(=O)N(CCC)OCCC. The van der Waals surface area contributed by atoms with Crippen LogP contribution in [0, 0.1) is 11.3 Å². The number of aliphatic carboxylic acids is 1. The van der Waals surface area contributed by atoms with Gasteiger partial charge in [0.1, 0.15) is 0 Å². The minimum atomic E-state index is -0.884. The number of ether oxygens (including phenoxy) is 3. The largest absolute Gasteiger partial charge is 0.493 e. The zero-order valence-corrected chi connectivity index (χ0v) is 23.0. The number of carboxylic acid groups (broad SMARTS) is 1. The highest BCUT2D eigenvalue weighted by Gasteiger charge is 2.49. The molecule has 0 aromatic heterocycles. The lowest BCUT2D eigenvalue weighted by atomic mass is 9.77. The van der Waals surface area contributed by atoms with Crippen molar-refractivity contribution in [3.8, 4) is 17.2 Å². The summed E-state index contributed by atoms with van der Waals surface area (Å²) in [6.45, 7) is 11.7. The van der Waals surface area contributed by atoms with Crippen molar-refractivity contribution in [1.82, 2.24) is 9.96 Å². The molecule has 9 heteroatoms. The molecule has 0 bridgehead atoms. The predicted molar refractivity (Wildman–Crippen MR) is 140 cm³/mol. The number of hydrogen-bond donors (Lipinski definition) is 1. The first kappa shape index (κ1) is 28.8. The van der Waals surface area contributed by atoms with E-state index in [1.807, 2.05) is 43.9 Å². The zero-order chi connectivity index (χ0) is 27.2.